The largest absolute Gasteiger partial charge is 0.481 e. The van der Waals surface area contributed by atoms with Gasteiger partial charge >= 0.3 is 5.97 Å². The maximum atomic E-state index is 12.6. The average Bonchev–Trinajstić information content (AvgIpc) is 2.74. The van der Waals surface area contributed by atoms with Gasteiger partial charge in [-0.3, -0.25) is 4.79 Å². The Morgan fingerprint density at radius 3 is 2.31 bits per heavy atom. The van der Waals surface area contributed by atoms with Crippen LogP contribution < -0.4 is 4.74 Å². The van der Waals surface area contributed by atoms with Crippen molar-refractivity contribution in [2.45, 2.75) is 26.4 Å². The maximum absolute atomic E-state index is 12.6. The molecule has 0 bridgehead atoms. The van der Waals surface area contributed by atoms with Gasteiger partial charge in [-0.2, -0.15) is 0 Å². The lowest BCUT2D eigenvalue weighted by atomic mass is 10.1. The molecule has 5 nitrogen and oxygen atoms in total. The molecule has 150 valence electrons. The molecule has 1 amide bonds. The second-order valence-corrected chi connectivity index (χ2v) is 7.03. The Bertz CT molecular complexity index is 964. The molecular weight excluding hydrogens is 366 g/mol. The lowest BCUT2D eigenvalue weighted by Crippen LogP contribution is -2.39. The fourth-order valence-electron chi connectivity index (χ4n) is 3.06. The van der Waals surface area contributed by atoms with Gasteiger partial charge < -0.3 is 14.4 Å². The van der Waals surface area contributed by atoms with Crippen molar-refractivity contribution >= 4 is 22.6 Å². The smallest absolute Gasteiger partial charge is 0.344 e. The van der Waals surface area contributed by atoms with Crippen LogP contribution in [-0.2, 0) is 20.9 Å². The highest BCUT2D eigenvalue weighted by Gasteiger charge is 2.19. The Labute approximate surface area is 170 Å². The zero-order valence-corrected chi connectivity index (χ0v) is 16.7. The van der Waals surface area contributed by atoms with E-state index in [1.165, 1.54) is 0 Å². The highest BCUT2D eigenvalue weighted by atomic mass is 16.6. The molecule has 0 saturated heterocycles. The summed E-state index contributed by atoms with van der Waals surface area (Å²) in [7, 11) is 0. The summed E-state index contributed by atoms with van der Waals surface area (Å²) in [6, 6.07) is 23.2. The first-order valence-corrected chi connectivity index (χ1v) is 9.64. The fraction of sp³-hybridized carbons (Fsp3) is 0.250. The van der Waals surface area contributed by atoms with E-state index in [-0.39, 0.29) is 25.2 Å². The summed E-state index contributed by atoms with van der Waals surface area (Å²) in [5.74, 6) is -0.198. The summed E-state index contributed by atoms with van der Waals surface area (Å²) >= 11 is 0. The third kappa shape index (κ3) is 5.57. The molecule has 0 aromatic heterocycles. The SMILES string of the molecule is CC(C)N(Cc1ccccc1)C(=O)COC(=O)COc1cccc2ccccc12. The number of hydrogen-bond acceptors (Lipinski definition) is 4. The molecule has 0 saturated carbocycles. The second kappa shape index (κ2) is 9.73. The van der Waals surface area contributed by atoms with Gasteiger partial charge in [0.05, 0.1) is 0 Å². The predicted octanol–water partition coefficient (Wildman–Crippen LogP) is 4.20. The molecular formula is C24H25NO4. The molecule has 0 atom stereocenters. The van der Waals surface area contributed by atoms with Crippen molar-refractivity contribution in [3.8, 4) is 5.75 Å². The highest BCUT2D eigenvalue weighted by Crippen LogP contribution is 2.25. The molecule has 0 spiro atoms. The summed E-state index contributed by atoms with van der Waals surface area (Å²) in [4.78, 5) is 26.3. The molecule has 0 aliphatic rings. The van der Waals surface area contributed by atoms with Crippen LogP contribution in [-0.4, -0.2) is 36.0 Å². The van der Waals surface area contributed by atoms with E-state index in [1.807, 2.05) is 80.6 Å². The number of hydrogen-bond donors (Lipinski definition) is 0. The van der Waals surface area contributed by atoms with Crippen molar-refractivity contribution in [3.63, 3.8) is 0 Å². The molecule has 0 aliphatic carbocycles. The number of esters is 1. The minimum atomic E-state index is -0.574. The minimum absolute atomic E-state index is 0.00617. The molecule has 29 heavy (non-hydrogen) atoms. The van der Waals surface area contributed by atoms with Crippen LogP contribution in [0, 0.1) is 0 Å². The molecule has 0 radical (unpaired) electrons. The molecule has 3 aromatic carbocycles. The molecule has 5 heteroatoms. The molecule has 0 fully saturated rings. The Balaban J connectivity index is 1.53. The molecule has 0 heterocycles. The van der Waals surface area contributed by atoms with E-state index in [0.717, 1.165) is 16.3 Å². The van der Waals surface area contributed by atoms with E-state index in [4.69, 9.17) is 9.47 Å². The van der Waals surface area contributed by atoms with Crippen LogP contribution in [0.3, 0.4) is 0 Å². The van der Waals surface area contributed by atoms with Crippen molar-refractivity contribution in [3.05, 3.63) is 78.4 Å². The third-order valence-electron chi connectivity index (χ3n) is 4.59. The Kier molecular flexibility index (Phi) is 6.85. The van der Waals surface area contributed by atoms with E-state index in [9.17, 15) is 9.59 Å². The van der Waals surface area contributed by atoms with Gasteiger partial charge in [-0.25, -0.2) is 4.79 Å². The summed E-state index contributed by atoms with van der Waals surface area (Å²) in [6.45, 7) is 3.80. The van der Waals surface area contributed by atoms with Gasteiger partial charge in [-0.15, -0.1) is 0 Å². The average molecular weight is 391 g/mol. The van der Waals surface area contributed by atoms with E-state index >= 15 is 0 Å². The van der Waals surface area contributed by atoms with Gasteiger partial charge in [0, 0.05) is 18.0 Å². The molecule has 0 aliphatic heterocycles. The number of rotatable bonds is 8. The van der Waals surface area contributed by atoms with E-state index in [0.29, 0.717) is 12.3 Å². The quantitative estimate of drug-likeness (QED) is 0.540. The van der Waals surface area contributed by atoms with E-state index in [1.54, 1.807) is 11.0 Å². The van der Waals surface area contributed by atoms with E-state index in [2.05, 4.69) is 0 Å². The number of benzene rings is 3. The van der Waals surface area contributed by atoms with Gasteiger partial charge in [0.2, 0.25) is 0 Å². The van der Waals surface area contributed by atoms with Crippen molar-refractivity contribution in [1.82, 2.24) is 4.90 Å². The molecule has 0 N–H and O–H groups in total. The standard InChI is InChI=1S/C24H25NO4/c1-18(2)25(15-19-9-4-3-5-10-19)23(26)16-29-24(27)17-28-22-14-8-12-20-11-6-7-13-21(20)22/h3-14,18H,15-17H2,1-2H3. The van der Waals surface area contributed by atoms with Gasteiger partial charge in [0.1, 0.15) is 5.75 Å². The summed E-state index contributed by atoms with van der Waals surface area (Å²) in [5, 5.41) is 1.95. The van der Waals surface area contributed by atoms with Crippen LogP contribution >= 0.6 is 0 Å². The maximum Gasteiger partial charge on any atom is 0.344 e. The third-order valence-corrected chi connectivity index (χ3v) is 4.59. The van der Waals surface area contributed by atoms with Gasteiger partial charge in [0.15, 0.2) is 13.2 Å². The van der Waals surface area contributed by atoms with Crippen LogP contribution in [0.15, 0.2) is 72.8 Å². The van der Waals surface area contributed by atoms with Gasteiger partial charge in [0.25, 0.3) is 5.91 Å². The number of ether oxygens (including phenoxy) is 2. The monoisotopic (exact) mass is 391 g/mol. The van der Waals surface area contributed by atoms with Crippen LogP contribution in [0.5, 0.6) is 5.75 Å². The fourth-order valence-corrected chi connectivity index (χ4v) is 3.06. The lowest BCUT2D eigenvalue weighted by molar-refractivity contribution is -0.154. The van der Waals surface area contributed by atoms with Crippen LogP contribution in [0.4, 0.5) is 0 Å². The molecule has 0 unspecified atom stereocenters. The van der Waals surface area contributed by atoms with Crippen LogP contribution in [0.25, 0.3) is 10.8 Å². The van der Waals surface area contributed by atoms with Crippen molar-refractivity contribution in [2.75, 3.05) is 13.2 Å². The number of nitrogens with zero attached hydrogens (tertiary/aromatic N) is 1. The van der Waals surface area contributed by atoms with Crippen molar-refractivity contribution in [1.29, 1.82) is 0 Å². The lowest BCUT2D eigenvalue weighted by Gasteiger charge is -2.26. The van der Waals surface area contributed by atoms with Crippen LogP contribution in [0.1, 0.15) is 19.4 Å². The minimum Gasteiger partial charge on any atom is -0.481 e. The Hall–Kier alpha value is -3.34. The number of fused-ring (bicyclic) bond motifs is 1. The predicted molar refractivity (Wildman–Crippen MR) is 113 cm³/mol. The Morgan fingerprint density at radius 1 is 0.862 bits per heavy atom. The zero-order valence-electron chi connectivity index (χ0n) is 16.7. The number of carbonyl (C=O) groups is 2. The van der Waals surface area contributed by atoms with Crippen LogP contribution in [0.2, 0.25) is 0 Å². The first-order valence-electron chi connectivity index (χ1n) is 9.64. The van der Waals surface area contributed by atoms with Gasteiger partial charge in [-0.1, -0.05) is 66.7 Å². The highest BCUT2D eigenvalue weighted by molar-refractivity contribution is 5.88. The summed E-state index contributed by atoms with van der Waals surface area (Å²) < 4.78 is 10.8. The van der Waals surface area contributed by atoms with Gasteiger partial charge in [-0.05, 0) is 30.9 Å². The van der Waals surface area contributed by atoms with E-state index < -0.39 is 5.97 Å². The molecule has 3 rings (SSSR count). The first kappa shape index (κ1) is 20.4. The van der Waals surface area contributed by atoms with Crippen molar-refractivity contribution in [2.24, 2.45) is 0 Å². The number of amides is 1. The number of carbonyl (C=O) groups excluding carboxylic acids is 2. The second-order valence-electron chi connectivity index (χ2n) is 7.03. The zero-order chi connectivity index (χ0) is 20.6. The normalized spacial score (nSPS) is 10.7. The topological polar surface area (TPSA) is 55.8 Å². The van der Waals surface area contributed by atoms with Crippen molar-refractivity contribution < 1.29 is 19.1 Å². The summed E-state index contributed by atoms with van der Waals surface area (Å²) in [5.41, 5.74) is 1.03. The molecule has 3 aromatic rings. The summed E-state index contributed by atoms with van der Waals surface area (Å²) in [6.07, 6.45) is 0. The Morgan fingerprint density at radius 2 is 1.55 bits per heavy atom. The first-order chi connectivity index (χ1) is 14.0.